The lowest BCUT2D eigenvalue weighted by Crippen LogP contribution is -2.38. The zero-order valence-corrected chi connectivity index (χ0v) is 12.4. The topological polar surface area (TPSA) is 47.3 Å². The molecule has 3 N–H and O–H groups in total. The Balaban J connectivity index is 2.06. The van der Waals surface area contributed by atoms with Crippen molar-refractivity contribution in [3.05, 3.63) is 41.5 Å². The highest BCUT2D eigenvalue weighted by Gasteiger charge is 2.14. The molecule has 1 aromatic rings. The number of allylic oxidation sites excluding steroid dienone is 1. The van der Waals surface area contributed by atoms with Crippen LogP contribution in [0.25, 0.3) is 0 Å². The molecule has 1 aliphatic carbocycles. The van der Waals surface area contributed by atoms with Crippen LogP contribution in [0, 0.1) is 0 Å². The van der Waals surface area contributed by atoms with Crippen LogP contribution in [0.1, 0.15) is 44.1 Å². The highest BCUT2D eigenvalue weighted by atomic mass is 16.5. The maximum atomic E-state index is 5.79. The predicted molar refractivity (Wildman–Crippen MR) is 83.6 cm³/mol. The fourth-order valence-corrected chi connectivity index (χ4v) is 2.87. The van der Waals surface area contributed by atoms with E-state index in [0.717, 1.165) is 12.2 Å². The quantitative estimate of drug-likeness (QED) is 0.492. The van der Waals surface area contributed by atoms with E-state index in [9.17, 15) is 0 Å². The van der Waals surface area contributed by atoms with Gasteiger partial charge in [0.05, 0.1) is 7.11 Å². The molecule has 3 heteroatoms. The monoisotopic (exact) mass is 274 g/mol. The second kappa shape index (κ2) is 8.08. The van der Waals surface area contributed by atoms with Crippen molar-refractivity contribution in [1.29, 1.82) is 0 Å². The molecule has 0 saturated carbocycles. The Morgan fingerprint density at radius 1 is 1.25 bits per heavy atom. The molecule has 2 rings (SSSR count). The Labute approximate surface area is 122 Å². The van der Waals surface area contributed by atoms with Crippen molar-refractivity contribution in [2.75, 3.05) is 7.11 Å². The summed E-state index contributed by atoms with van der Waals surface area (Å²) in [7, 11) is 1.70. The summed E-state index contributed by atoms with van der Waals surface area (Å²) in [5.74, 6) is 6.70. The number of methoxy groups -OCH3 is 1. The van der Waals surface area contributed by atoms with E-state index in [2.05, 4.69) is 23.6 Å². The summed E-state index contributed by atoms with van der Waals surface area (Å²) in [6, 6.07) is 8.47. The molecule has 0 fully saturated rings. The molecule has 20 heavy (non-hydrogen) atoms. The summed E-state index contributed by atoms with van der Waals surface area (Å²) in [5.41, 5.74) is 5.72. The van der Waals surface area contributed by atoms with Gasteiger partial charge >= 0.3 is 0 Å². The summed E-state index contributed by atoms with van der Waals surface area (Å²) in [6.07, 6.45) is 10.9. The first kappa shape index (κ1) is 15.1. The molecule has 0 aromatic heterocycles. The van der Waals surface area contributed by atoms with Crippen LogP contribution >= 0.6 is 0 Å². The highest BCUT2D eigenvalue weighted by Crippen LogP contribution is 2.22. The average molecular weight is 274 g/mol. The normalized spacial score (nSPS) is 20.4. The van der Waals surface area contributed by atoms with E-state index in [4.69, 9.17) is 10.6 Å². The minimum absolute atomic E-state index is 0.236. The molecule has 1 aromatic carbocycles. The lowest BCUT2D eigenvalue weighted by Gasteiger charge is -2.22. The minimum atomic E-state index is 0.236. The van der Waals surface area contributed by atoms with Crippen LogP contribution in [0.4, 0.5) is 0 Å². The van der Waals surface area contributed by atoms with Gasteiger partial charge in [-0.2, -0.15) is 0 Å². The van der Waals surface area contributed by atoms with E-state index in [1.807, 2.05) is 12.1 Å². The number of hydrogen-bond donors (Lipinski definition) is 2. The van der Waals surface area contributed by atoms with Gasteiger partial charge in [-0.1, -0.05) is 36.6 Å². The molecule has 0 radical (unpaired) electrons. The Morgan fingerprint density at radius 2 is 2.10 bits per heavy atom. The van der Waals surface area contributed by atoms with E-state index in [0.29, 0.717) is 0 Å². The molecule has 3 nitrogen and oxygen atoms in total. The van der Waals surface area contributed by atoms with Gasteiger partial charge in [-0.15, -0.1) is 0 Å². The Bertz CT molecular complexity index is 442. The van der Waals surface area contributed by atoms with E-state index in [-0.39, 0.29) is 6.04 Å². The van der Waals surface area contributed by atoms with Crippen LogP contribution < -0.4 is 16.0 Å². The molecule has 0 amide bonds. The lowest BCUT2D eigenvalue weighted by molar-refractivity contribution is 0.414. The molecule has 1 unspecified atom stereocenters. The summed E-state index contributed by atoms with van der Waals surface area (Å²) >= 11 is 0. The van der Waals surface area contributed by atoms with Crippen molar-refractivity contribution >= 4 is 0 Å². The van der Waals surface area contributed by atoms with Gasteiger partial charge in [-0.25, -0.2) is 0 Å². The summed E-state index contributed by atoms with van der Waals surface area (Å²) in [6.45, 7) is 0. The molecular formula is C17H26N2O. The first-order chi connectivity index (χ1) is 9.83. The van der Waals surface area contributed by atoms with E-state index < -0.39 is 0 Å². The van der Waals surface area contributed by atoms with Gasteiger partial charge in [0.15, 0.2) is 0 Å². The maximum Gasteiger partial charge on any atom is 0.119 e. The smallest absolute Gasteiger partial charge is 0.119 e. The lowest BCUT2D eigenvalue weighted by atomic mass is 9.91. The molecule has 110 valence electrons. The third-order valence-corrected chi connectivity index (χ3v) is 4.05. The van der Waals surface area contributed by atoms with Crippen LogP contribution in [-0.4, -0.2) is 13.2 Å². The molecule has 0 bridgehead atoms. The zero-order chi connectivity index (χ0) is 14.2. The largest absolute Gasteiger partial charge is 0.497 e. The third-order valence-electron chi connectivity index (χ3n) is 4.05. The van der Waals surface area contributed by atoms with Crippen molar-refractivity contribution in [2.45, 2.75) is 51.0 Å². The van der Waals surface area contributed by atoms with Crippen LogP contribution in [0.5, 0.6) is 5.75 Å². The predicted octanol–water partition coefficient (Wildman–Crippen LogP) is 3.35. The fraction of sp³-hybridized carbons (Fsp3) is 0.529. The fourth-order valence-electron chi connectivity index (χ4n) is 2.87. The van der Waals surface area contributed by atoms with Gasteiger partial charge in [0.2, 0.25) is 0 Å². The molecule has 0 heterocycles. The summed E-state index contributed by atoms with van der Waals surface area (Å²) in [5, 5.41) is 0. The molecule has 0 spiro atoms. The molecule has 1 aliphatic rings. The SMILES string of the molecule is COc1cccc(CC(NN)/C2=C/CCCCCC2)c1. The van der Waals surface area contributed by atoms with Crippen molar-refractivity contribution in [3.8, 4) is 5.75 Å². The second-order valence-electron chi connectivity index (χ2n) is 5.51. The average Bonchev–Trinajstić information content (AvgIpc) is 2.45. The number of benzene rings is 1. The number of nitrogens with two attached hydrogens (primary N) is 1. The number of nitrogens with one attached hydrogen (secondary N) is 1. The van der Waals surface area contributed by atoms with Crippen molar-refractivity contribution in [1.82, 2.24) is 5.43 Å². The number of hydrogen-bond acceptors (Lipinski definition) is 3. The van der Waals surface area contributed by atoms with Crippen LogP contribution in [0.3, 0.4) is 0 Å². The molecule has 1 atom stereocenters. The van der Waals surface area contributed by atoms with Crippen molar-refractivity contribution < 1.29 is 4.74 Å². The minimum Gasteiger partial charge on any atom is -0.497 e. The van der Waals surface area contributed by atoms with E-state index in [1.54, 1.807) is 7.11 Å². The van der Waals surface area contributed by atoms with Gasteiger partial charge in [0.25, 0.3) is 0 Å². The first-order valence-corrected chi connectivity index (χ1v) is 7.61. The van der Waals surface area contributed by atoms with Crippen LogP contribution in [-0.2, 0) is 6.42 Å². The van der Waals surface area contributed by atoms with Gasteiger partial charge in [0.1, 0.15) is 5.75 Å². The number of rotatable bonds is 5. The van der Waals surface area contributed by atoms with Crippen LogP contribution in [0.2, 0.25) is 0 Å². The third kappa shape index (κ3) is 4.36. The van der Waals surface area contributed by atoms with Gasteiger partial charge in [0, 0.05) is 6.04 Å². The summed E-state index contributed by atoms with van der Waals surface area (Å²) < 4.78 is 5.29. The number of ether oxygens (including phenoxy) is 1. The second-order valence-corrected chi connectivity index (χ2v) is 5.51. The van der Waals surface area contributed by atoms with E-state index >= 15 is 0 Å². The number of hydrazine groups is 1. The summed E-state index contributed by atoms with van der Waals surface area (Å²) in [4.78, 5) is 0. The van der Waals surface area contributed by atoms with Crippen molar-refractivity contribution in [2.24, 2.45) is 5.84 Å². The Hall–Kier alpha value is -1.32. The van der Waals surface area contributed by atoms with Crippen LogP contribution in [0.15, 0.2) is 35.9 Å². The van der Waals surface area contributed by atoms with Gasteiger partial charge in [-0.05, 0) is 49.8 Å². The standard InChI is InChI=1S/C17H26N2O/c1-20-16-11-7-8-14(12-16)13-17(19-18)15-9-5-3-2-4-6-10-15/h7-9,11-12,17,19H,2-6,10,13,18H2,1H3/b15-9+. The molecule has 0 saturated heterocycles. The van der Waals surface area contributed by atoms with Gasteiger partial charge < -0.3 is 4.74 Å². The van der Waals surface area contributed by atoms with Crippen molar-refractivity contribution in [3.63, 3.8) is 0 Å². The van der Waals surface area contributed by atoms with E-state index in [1.165, 1.54) is 49.7 Å². The highest BCUT2D eigenvalue weighted by molar-refractivity contribution is 5.30. The van der Waals surface area contributed by atoms with Gasteiger partial charge in [-0.3, -0.25) is 11.3 Å². The maximum absolute atomic E-state index is 5.79. The first-order valence-electron chi connectivity index (χ1n) is 7.61. The Morgan fingerprint density at radius 3 is 2.90 bits per heavy atom. The molecular weight excluding hydrogens is 248 g/mol. The Kier molecular flexibility index (Phi) is 6.09. The molecule has 0 aliphatic heterocycles. The zero-order valence-electron chi connectivity index (χ0n) is 12.4.